The fraction of sp³-hybridized carbons (Fsp3) is 0.290. The van der Waals surface area contributed by atoms with Gasteiger partial charge in [0, 0.05) is 0 Å². The standard InChI is InChI=1S/C31H32/c1-19-14-15-24-10-6-7-13-29(24)26(19)17-16-25-18-20(2)21(3)30-22(4)27-11-8-9-12-28(27)23(5)31(25)30/h6-15,17,20,22,25,30-31H,1,3,5,16,18H2,2,4H3/b26-17+. The van der Waals surface area contributed by atoms with Crippen molar-refractivity contribution in [1.82, 2.24) is 0 Å². The lowest BCUT2D eigenvalue weighted by molar-refractivity contribution is 0.198. The molecule has 0 amide bonds. The molecule has 0 radical (unpaired) electrons. The number of hydrogen-bond donors (Lipinski definition) is 0. The number of benzene rings is 3. The van der Waals surface area contributed by atoms with Crippen molar-refractivity contribution in [3.63, 3.8) is 0 Å². The molecule has 0 bridgehead atoms. The molecule has 0 aliphatic heterocycles. The molecule has 31 heavy (non-hydrogen) atoms. The van der Waals surface area contributed by atoms with Gasteiger partial charge in [-0.15, -0.1) is 0 Å². The van der Waals surface area contributed by atoms with Crippen LogP contribution in [0.5, 0.6) is 0 Å². The summed E-state index contributed by atoms with van der Waals surface area (Å²) in [6, 6.07) is 21.9. The van der Waals surface area contributed by atoms with Gasteiger partial charge in [0.1, 0.15) is 0 Å². The molecule has 0 N–H and O–H groups in total. The van der Waals surface area contributed by atoms with E-state index in [2.05, 4.69) is 100 Å². The van der Waals surface area contributed by atoms with Gasteiger partial charge in [-0.3, -0.25) is 0 Å². The average Bonchev–Trinajstić information content (AvgIpc) is 2.78. The van der Waals surface area contributed by atoms with E-state index in [0.29, 0.717) is 29.6 Å². The first-order chi connectivity index (χ1) is 15.0. The van der Waals surface area contributed by atoms with Gasteiger partial charge in [-0.05, 0) is 80.3 Å². The van der Waals surface area contributed by atoms with Gasteiger partial charge in [0.2, 0.25) is 0 Å². The van der Waals surface area contributed by atoms with Crippen LogP contribution in [-0.2, 0) is 0 Å². The van der Waals surface area contributed by atoms with Crippen LogP contribution in [0.3, 0.4) is 0 Å². The maximum absolute atomic E-state index is 4.64. The molecule has 3 aromatic carbocycles. The Hall–Kier alpha value is -2.86. The number of rotatable bonds is 2. The van der Waals surface area contributed by atoms with Crippen molar-refractivity contribution >= 4 is 29.0 Å². The van der Waals surface area contributed by atoms with Crippen LogP contribution >= 0.6 is 0 Å². The van der Waals surface area contributed by atoms with Gasteiger partial charge in [-0.2, -0.15) is 0 Å². The van der Waals surface area contributed by atoms with Crippen LogP contribution in [0.4, 0.5) is 0 Å². The summed E-state index contributed by atoms with van der Waals surface area (Å²) in [6.45, 7) is 18.3. The van der Waals surface area contributed by atoms with Crippen molar-refractivity contribution in [2.75, 3.05) is 0 Å². The molecule has 0 heterocycles. The summed E-state index contributed by atoms with van der Waals surface area (Å²) < 4.78 is 0. The molecule has 0 aromatic heterocycles. The van der Waals surface area contributed by atoms with Crippen molar-refractivity contribution in [3.8, 4) is 0 Å². The second kappa shape index (κ2) is 7.68. The Morgan fingerprint density at radius 2 is 1.61 bits per heavy atom. The third-order valence-corrected chi connectivity index (χ3v) is 8.04. The Kier molecular flexibility index (Phi) is 4.97. The maximum Gasteiger partial charge on any atom is -0.00589 e. The van der Waals surface area contributed by atoms with Crippen LogP contribution in [-0.4, -0.2) is 0 Å². The highest BCUT2D eigenvalue weighted by molar-refractivity contribution is 5.83. The quantitative estimate of drug-likeness (QED) is 0.417. The largest absolute Gasteiger partial charge is 0.0993 e. The monoisotopic (exact) mass is 404 g/mol. The molecule has 0 nitrogen and oxygen atoms in total. The lowest BCUT2D eigenvalue weighted by atomic mass is 9.54. The van der Waals surface area contributed by atoms with Gasteiger partial charge in [0.15, 0.2) is 0 Å². The number of fused-ring (bicyclic) bond motifs is 3. The minimum absolute atomic E-state index is 0.466. The molecule has 1 saturated carbocycles. The van der Waals surface area contributed by atoms with Crippen molar-refractivity contribution < 1.29 is 0 Å². The molecule has 0 heteroatoms. The minimum Gasteiger partial charge on any atom is -0.0993 e. The molecule has 2 aliphatic carbocycles. The predicted molar refractivity (Wildman–Crippen MR) is 135 cm³/mol. The van der Waals surface area contributed by atoms with Gasteiger partial charge >= 0.3 is 0 Å². The predicted octanol–water partition coefficient (Wildman–Crippen LogP) is 6.70. The zero-order chi connectivity index (χ0) is 21.7. The van der Waals surface area contributed by atoms with E-state index in [1.165, 1.54) is 44.7 Å². The van der Waals surface area contributed by atoms with E-state index in [1.807, 2.05) is 0 Å². The summed E-state index contributed by atoms with van der Waals surface area (Å²) >= 11 is 0. The summed E-state index contributed by atoms with van der Waals surface area (Å²) in [5.41, 5.74) is 5.55. The molecule has 5 atom stereocenters. The van der Waals surface area contributed by atoms with E-state index in [9.17, 15) is 0 Å². The fourth-order valence-corrected chi connectivity index (χ4v) is 6.39. The van der Waals surface area contributed by atoms with Crippen molar-refractivity contribution in [3.05, 3.63) is 101 Å². The van der Waals surface area contributed by atoms with Crippen LogP contribution in [0, 0.1) is 23.7 Å². The molecule has 1 fully saturated rings. The first-order valence-electron chi connectivity index (χ1n) is 11.6. The van der Waals surface area contributed by atoms with Gasteiger partial charge in [-0.25, -0.2) is 0 Å². The SMILES string of the molecule is C=C1c2ccccc2C(C)C2C(=C)C(C)CC(C/C=c3\c(=C)ccc4ccccc34)C12. The van der Waals surface area contributed by atoms with Crippen LogP contribution in [0.2, 0.25) is 0 Å². The Morgan fingerprint density at radius 3 is 2.45 bits per heavy atom. The normalized spacial score (nSPS) is 28.5. The average molecular weight is 405 g/mol. The highest BCUT2D eigenvalue weighted by Gasteiger charge is 2.45. The fourth-order valence-electron chi connectivity index (χ4n) is 6.39. The smallest absolute Gasteiger partial charge is 0.00589 e. The molecule has 0 saturated heterocycles. The van der Waals surface area contributed by atoms with Crippen LogP contribution in [0.1, 0.15) is 43.7 Å². The lowest BCUT2D eigenvalue weighted by Crippen LogP contribution is -2.40. The lowest BCUT2D eigenvalue weighted by Gasteiger charge is -2.50. The Balaban J connectivity index is 1.59. The number of allylic oxidation sites excluding steroid dienone is 2. The zero-order valence-corrected chi connectivity index (χ0v) is 18.8. The molecule has 5 unspecified atom stereocenters. The summed E-state index contributed by atoms with van der Waals surface area (Å²) in [6.07, 6.45) is 4.69. The highest BCUT2D eigenvalue weighted by atomic mass is 14.5. The molecular weight excluding hydrogens is 372 g/mol. The summed E-state index contributed by atoms with van der Waals surface area (Å²) in [4.78, 5) is 0. The topological polar surface area (TPSA) is 0 Å². The summed E-state index contributed by atoms with van der Waals surface area (Å²) in [5.74, 6) is 2.56. The van der Waals surface area contributed by atoms with Gasteiger partial charge in [-0.1, -0.05) is 106 Å². The van der Waals surface area contributed by atoms with E-state index in [0.717, 1.165) is 11.6 Å². The third kappa shape index (κ3) is 3.21. The Bertz CT molecular complexity index is 1290. The van der Waals surface area contributed by atoms with Crippen molar-refractivity contribution in [2.24, 2.45) is 23.7 Å². The van der Waals surface area contributed by atoms with Gasteiger partial charge in [0.05, 0.1) is 0 Å². The molecule has 0 spiro atoms. The Morgan fingerprint density at radius 1 is 0.871 bits per heavy atom. The van der Waals surface area contributed by atoms with E-state index in [4.69, 9.17) is 0 Å². The van der Waals surface area contributed by atoms with Crippen molar-refractivity contribution in [2.45, 2.75) is 32.6 Å². The Labute approximate surface area is 186 Å². The van der Waals surface area contributed by atoms with Gasteiger partial charge < -0.3 is 0 Å². The first kappa shape index (κ1) is 20.1. The molecule has 5 rings (SSSR count). The summed E-state index contributed by atoms with van der Waals surface area (Å²) in [7, 11) is 0. The minimum atomic E-state index is 0.466. The van der Waals surface area contributed by atoms with Gasteiger partial charge in [0.25, 0.3) is 0 Å². The molecule has 156 valence electrons. The molecule has 2 aliphatic rings. The second-order valence-electron chi connectivity index (χ2n) is 9.72. The maximum atomic E-state index is 4.64. The van der Waals surface area contributed by atoms with E-state index >= 15 is 0 Å². The van der Waals surface area contributed by atoms with Crippen LogP contribution in [0.25, 0.3) is 29.0 Å². The van der Waals surface area contributed by atoms with E-state index < -0.39 is 0 Å². The van der Waals surface area contributed by atoms with Crippen LogP contribution < -0.4 is 10.4 Å². The molecular formula is C31H32. The van der Waals surface area contributed by atoms with E-state index in [1.54, 1.807) is 0 Å². The third-order valence-electron chi connectivity index (χ3n) is 8.04. The second-order valence-corrected chi connectivity index (χ2v) is 9.72. The van der Waals surface area contributed by atoms with Crippen LogP contribution in [0.15, 0.2) is 79.4 Å². The zero-order valence-electron chi connectivity index (χ0n) is 18.8. The van der Waals surface area contributed by atoms with Crippen molar-refractivity contribution in [1.29, 1.82) is 0 Å². The number of hydrogen-bond acceptors (Lipinski definition) is 0. The van der Waals surface area contributed by atoms with E-state index in [-0.39, 0.29) is 0 Å². The first-order valence-corrected chi connectivity index (χ1v) is 11.6. The molecule has 3 aromatic rings. The highest BCUT2D eigenvalue weighted by Crippen LogP contribution is 2.57. The summed E-state index contributed by atoms with van der Waals surface area (Å²) in [5, 5.41) is 5.00.